The van der Waals surface area contributed by atoms with Crippen LogP contribution in [-0.2, 0) is 24.4 Å². The van der Waals surface area contributed by atoms with Crippen molar-refractivity contribution in [2.24, 2.45) is 0 Å². The first kappa shape index (κ1) is 18.1. The molecule has 1 aliphatic rings. The molecule has 25 heavy (non-hydrogen) atoms. The summed E-state index contributed by atoms with van der Waals surface area (Å²) in [5.74, 6) is 0. The molecule has 9 heteroatoms. The molecule has 0 saturated carbocycles. The van der Waals surface area contributed by atoms with E-state index < -0.39 is 14.2 Å². The lowest BCUT2D eigenvalue weighted by Crippen LogP contribution is -2.35. The summed E-state index contributed by atoms with van der Waals surface area (Å²) < 4.78 is 11.9. The Labute approximate surface area is 152 Å². The maximum absolute atomic E-state index is 11.3. The van der Waals surface area contributed by atoms with Gasteiger partial charge in [-0.2, -0.15) is 5.10 Å². The molecule has 2 aromatic rings. The molecule has 2 aromatic heterocycles. The number of amides is 1. The normalized spacial score (nSPS) is 14.6. The lowest BCUT2D eigenvalue weighted by Gasteiger charge is -2.25. The SMILES string of the molecule is C[Si](C)(C)CCOCn1nc(-c2ccns2)c2c1CCN(C(=O)O)C2. The highest BCUT2D eigenvalue weighted by atomic mass is 32.1. The Morgan fingerprint density at radius 1 is 1.44 bits per heavy atom. The average molecular weight is 381 g/mol. The number of nitrogens with zero attached hydrogens (tertiary/aromatic N) is 4. The first-order chi connectivity index (χ1) is 11.8. The van der Waals surface area contributed by atoms with Crippen molar-refractivity contribution >= 4 is 25.7 Å². The van der Waals surface area contributed by atoms with Gasteiger partial charge in [0.05, 0.1) is 11.4 Å². The molecule has 0 aliphatic carbocycles. The van der Waals surface area contributed by atoms with Gasteiger partial charge in [-0.15, -0.1) is 0 Å². The predicted octanol–water partition coefficient (Wildman–Crippen LogP) is 3.36. The number of hydrogen-bond donors (Lipinski definition) is 1. The molecule has 3 heterocycles. The zero-order valence-corrected chi connectivity index (χ0v) is 16.7. The molecule has 1 amide bonds. The standard InChI is InChI=1S/C16H24N4O3SSi/c1-25(2,3)9-8-23-11-20-13-5-7-19(16(21)22)10-12(13)15(18-20)14-4-6-17-24-14/h4,6H,5,7-11H2,1-3H3,(H,21,22). The fraction of sp³-hybridized carbons (Fsp3) is 0.562. The number of fused-ring (bicyclic) bond motifs is 1. The van der Waals surface area contributed by atoms with Gasteiger partial charge in [-0.25, -0.2) is 13.8 Å². The molecule has 1 N–H and O–H groups in total. The third-order valence-corrected chi connectivity index (χ3v) is 6.74. The fourth-order valence-corrected chi connectivity index (χ4v) is 4.19. The molecule has 1 aliphatic heterocycles. The van der Waals surface area contributed by atoms with Gasteiger partial charge in [0.15, 0.2) is 0 Å². The van der Waals surface area contributed by atoms with Crippen LogP contribution in [0.5, 0.6) is 0 Å². The van der Waals surface area contributed by atoms with Crippen molar-refractivity contribution in [2.75, 3.05) is 13.2 Å². The van der Waals surface area contributed by atoms with E-state index in [0.717, 1.165) is 34.5 Å². The minimum Gasteiger partial charge on any atom is -0.465 e. The summed E-state index contributed by atoms with van der Waals surface area (Å²) in [4.78, 5) is 13.7. The summed E-state index contributed by atoms with van der Waals surface area (Å²) in [6.07, 6.45) is 1.51. The van der Waals surface area contributed by atoms with Crippen molar-refractivity contribution < 1.29 is 14.6 Å². The van der Waals surface area contributed by atoms with E-state index >= 15 is 0 Å². The van der Waals surface area contributed by atoms with Crippen molar-refractivity contribution in [1.82, 2.24) is 19.1 Å². The van der Waals surface area contributed by atoms with Crippen LogP contribution in [0.4, 0.5) is 4.79 Å². The maximum Gasteiger partial charge on any atom is 0.407 e. The highest BCUT2D eigenvalue weighted by molar-refractivity contribution is 7.09. The average Bonchev–Trinajstić information content (AvgIpc) is 3.17. The van der Waals surface area contributed by atoms with E-state index in [9.17, 15) is 9.90 Å². The van der Waals surface area contributed by atoms with Crippen LogP contribution < -0.4 is 0 Å². The van der Waals surface area contributed by atoms with E-state index in [-0.39, 0.29) is 0 Å². The lowest BCUT2D eigenvalue weighted by atomic mass is 10.0. The largest absolute Gasteiger partial charge is 0.465 e. The third-order valence-electron chi connectivity index (χ3n) is 4.29. The number of rotatable bonds is 6. The molecule has 136 valence electrons. The number of carbonyl (C=O) groups is 1. The molecule has 3 rings (SSSR count). The molecular formula is C16H24N4O3SSi. The fourth-order valence-electron chi connectivity index (χ4n) is 2.83. The Morgan fingerprint density at radius 3 is 2.88 bits per heavy atom. The van der Waals surface area contributed by atoms with Crippen molar-refractivity contribution in [2.45, 2.75) is 45.4 Å². The van der Waals surface area contributed by atoms with E-state index in [1.165, 1.54) is 16.4 Å². The second-order valence-corrected chi connectivity index (χ2v) is 13.9. The van der Waals surface area contributed by atoms with E-state index in [4.69, 9.17) is 9.84 Å². The third kappa shape index (κ3) is 4.28. The molecule has 7 nitrogen and oxygen atoms in total. The van der Waals surface area contributed by atoms with E-state index in [1.807, 2.05) is 10.7 Å². The van der Waals surface area contributed by atoms with Crippen LogP contribution >= 0.6 is 11.5 Å². The summed E-state index contributed by atoms with van der Waals surface area (Å²) in [6.45, 7) is 9.00. The van der Waals surface area contributed by atoms with Crippen LogP contribution in [0.25, 0.3) is 10.6 Å². The van der Waals surface area contributed by atoms with Crippen LogP contribution in [0.2, 0.25) is 25.7 Å². The molecule has 0 radical (unpaired) electrons. The lowest BCUT2D eigenvalue weighted by molar-refractivity contribution is 0.0754. The summed E-state index contributed by atoms with van der Waals surface area (Å²) in [6, 6.07) is 3.04. The maximum atomic E-state index is 11.3. The zero-order valence-electron chi connectivity index (χ0n) is 14.9. The zero-order chi connectivity index (χ0) is 18.0. The Kier molecular flexibility index (Phi) is 5.26. The molecule has 0 saturated heterocycles. The number of carboxylic acid groups (broad SMARTS) is 1. The van der Waals surface area contributed by atoms with Crippen LogP contribution in [0.1, 0.15) is 11.3 Å². The monoisotopic (exact) mass is 380 g/mol. The topological polar surface area (TPSA) is 80.5 Å². The second kappa shape index (κ2) is 7.26. The first-order valence-corrected chi connectivity index (χ1v) is 12.9. The van der Waals surface area contributed by atoms with Crippen LogP contribution in [0, 0.1) is 0 Å². The molecule has 0 unspecified atom stereocenters. The molecule has 0 aromatic carbocycles. The molecule has 0 atom stereocenters. The summed E-state index contributed by atoms with van der Waals surface area (Å²) in [5, 5.41) is 14.0. The van der Waals surface area contributed by atoms with Gasteiger partial charge >= 0.3 is 6.09 Å². The Bertz CT molecular complexity index is 739. The van der Waals surface area contributed by atoms with Gasteiger partial charge in [0.25, 0.3) is 0 Å². The number of hydrogen-bond acceptors (Lipinski definition) is 5. The molecule has 0 spiro atoms. The highest BCUT2D eigenvalue weighted by Crippen LogP contribution is 2.32. The summed E-state index contributed by atoms with van der Waals surface area (Å²) in [5.41, 5.74) is 2.89. The Hall–Kier alpha value is -1.71. The van der Waals surface area contributed by atoms with Crippen LogP contribution in [0.3, 0.4) is 0 Å². The van der Waals surface area contributed by atoms with E-state index in [0.29, 0.717) is 26.2 Å². The van der Waals surface area contributed by atoms with Crippen molar-refractivity contribution in [1.29, 1.82) is 0 Å². The number of aromatic nitrogens is 3. The predicted molar refractivity (Wildman–Crippen MR) is 99.6 cm³/mol. The van der Waals surface area contributed by atoms with Gasteiger partial charge in [-0.1, -0.05) is 19.6 Å². The van der Waals surface area contributed by atoms with Crippen molar-refractivity contribution in [3.8, 4) is 10.6 Å². The van der Waals surface area contributed by atoms with Gasteiger partial charge < -0.3 is 14.7 Å². The van der Waals surface area contributed by atoms with Gasteiger partial charge in [-0.05, 0) is 23.6 Å². The van der Waals surface area contributed by atoms with Crippen molar-refractivity contribution in [3.05, 3.63) is 23.5 Å². The number of ether oxygens (including phenoxy) is 1. The van der Waals surface area contributed by atoms with E-state index in [1.54, 1.807) is 6.20 Å². The minimum atomic E-state index is -1.12. The smallest absolute Gasteiger partial charge is 0.407 e. The summed E-state index contributed by atoms with van der Waals surface area (Å²) >= 11 is 1.38. The van der Waals surface area contributed by atoms with Gasteiger partial charge in [0.1, 0.15) is 12.4 Å². The summed E-state index contributed by atoms with van der Waals surface area (Å²) in [7, 11) is -1.12. The van der Waals surface area contributed by atoms with Gasteiger partial charge in [-0.3, -0.25) is 0 Å². The molecule has 0 fully saturated rings. The van der Waals surface area contributed by atoms with Crippen LogP contribution in [0.15, 0.2) is 12.3 Å². The Morgan fingerprint density at radius 2 is 2.24 bits per heavy atom. The van der Waals surface area contributed by atoms with Gasteiger partial charge in [0.2, 0.25) is 0 Å². The highest BCUT2D eigenvalue weighted by Gasteiger charge is 2.28. The molecule has 0 bridgehead atoms. The minimum absolute atomic E-state index is 0.368. The quantitative estimate of drug-likeness (QED) is 0.614. The Balaban J connectivity index is 1.80. The van der Waals surface area contributed by atoms with Crippen LogP contribution in [-0.4, -0.2) is 51.5 Å². The van der Waals surface area contributed by atoms with Gasteiger partial charge in [0, 0.05) is 45.1 Å². The van der Waals surface area contributed by atoms with E-state index in [2.05, 4.69) is 24.0 Å². The molecular weight excluding hydrogens is 356 g/mol. The first-order valence-electron chi connectivity index (χ1n) is 8.40. The van der Waals surface area contributed by atoms with Crippen molar-refractivity contribution in [3.63, 3.8) is 0 Å². The second-order valence-electron chi connectivity index (χ2n) is 7.45.